The summed E-state index contributed by atoms with van der Waals surface area (Å²) >= 11 is 1.57. The number of fused-ring (bicyclic) bond motifs is 1. The highest BCUT2D eigenvalue weighted by molar-refractivity contribution is 7.17. The molecule has 1 aromatic carbocycles. The number of nitrogens with zero attached hydrogens (tertiary/aromatic N) is 4. The maximum absolute atomic E-state index is 12.8. The first-order valence-corrected chi connectivity index (χ1v) is 11.3. The van der Waals surface area contributed by atoms with Crippen molar-refractivity contribution in [1.82, 2.24) is 20.1 Å². The first-order valence-electron chi connectivity index (χ1n) is 10.5. The molecule has 0 radical (unpaired) electrons. The minimum Gasteiger partial charge on any atom is -0.454 e. The highest BCUT2D eigenvalue weighted by Gasteiger charge is 2.28. The van der Waals surface area contributed by atoms with Crippen LogP contribution in [0.2, 0.25) is 0 Å². The summed E-state index contributed by atoms with van der Waals surface area (Å²) < 4.78 is 12.9. The predicted molar refractivity (Wildman–Crippen MR) is 118 cm³/mol. The van der Waals surface area contributed by atoms with E-state index in [1.807, 2.05) is 18.2 Å². The van der Waals surface area contributed by atoms with Gasteiger partial charge in [0.2, 0.25) is 23.0 Å². The number of hydrogen-bond donors (Lipinski definition) is 1. The number of piperidine rings is 1. The number of aryl methyl sites for hydroxylation is 2. The second kappa shape index (κ2) is 8.22. The zero-order chi connectivity index (χ0) is 21.4. The van der Waals surface area contributed by atoms with E-state index < -0.39 is 0 Å². The first kappa shape index (κ1) is 19.9. The minimum atomic E-state index is -0.0647. The Labute approximate surface area is 184 Å². The standard InChI is InChI=1S/C22H25N5O3S/c1-14-5-6-15(2)27(14)22-25-24-21(31-22)26-9-3-4-17(12-26)20(28)23-11-16-7-8-18-19(10-16)30-13-29-18/h5-8,10,17H,3-4,9,11-13H2,1-2H3,(H,23,28)/t17-/m0/s1. The smallest absolute Gasteiger partial charge is 0.231 e. The molecule has 2 aromatic heterocycles. The molecule has 0 unspecified atom stereocenters. The largest absolute Gasteiger partial charge is 0.454 e. The number of amides is 1. The van der Waals surface area contributed by atoms with Gasteiger partial charge in [0.05, 0.1) is 5.92 Å². The van der Waals surface area contributed by atoms with Crippen molar-refractivity contribution < 1.29 is 14.3 Å². The Kier molecular flexibility index (Phi) is 5.27. The lowest BCUT2D eigenvalue weighted by Crippen LogP contribution is -2.43. The zero-order valence-corrected chi connectivity index (χ0v) is 18.4. The average Bonchev–Trinajstić information content (AvgIpc) is 3.52. The van der Waals surface area contributed by atoms with Crippen molar-refractivity contribution in [2.45, 2.75) is 33.2 Å². The molecule has 2 aliphatic heterocycles. The molecule has 1 N–H and O–H groups in total. The predicted octanol–water partition coefficient (Wildman–Crippen LogP) is 3.21. The van der Waals surface area contributed by atoms with E-state index in [0.717, 1.165) is 58.1 Å². The highest BCUT2D eigenvalue weighted by atomic mass is 32.1. The van der Waals surface area contributed by atoms with Crippen LogP contribution >= 0.6 is 11.3 Å². The molecular weight excluding hydrogens is 414 g/mol. The number of carbonyl (C=O) groups excluding carboxylic acids is 1. The van der Waals surface area contributed by atoms with Crippen LogP contribution in [0.4, 0.5) is 5.13 Å². The molecule has 1 fully saturated rings. The lowest BCUT2D eigenvalue weighted by atomic mass is 9.97. The molecule has 2 aliphatic rings. The number of carbonyl (C=O) groups is 1. The molecule has 162 valence electrons. The second-order valence-corrected chi connectivity index (χ2v) is 8.94. The van der Waals surface area contributed by atoms with Gasteiger partial charge in [-0.25, -0.2) is 0 Å². The van der Waals surface area contributed by atoms with Gasteiger partial charge in [-0.15, -0.1) is 10.2 Å². The van der Waals surface area contributed by atoms with Crippen molar-refractivity contribution in [2.24, 2.45) is 5.92 Å². The quantitative estimate of drug-likeness (QED) is 0.658. The molecule has 4 heterocycles. The van der Waals surface area contributed by atoms with E-state index in [9.17, 15) is 4.79 Å². The van der Waals surface area contributed by atoms with Gasteiger partial charge in [-0.1, -0.05) is 17.4 Å². The van der Waals surface area contributed by atoms with Gasteiger partial charge in [0.1, 0.15) is 0 Å². The monoisotopic (exact) mass is 439 g/mol. The van der Waals surface area contributed by atoms with Crippen LogP contribution in [0, 0.1) is 19.8 Å². The molecule has 9 heteroatoms. The van der Waals surface area contributed by atoms with E-state index in [1.54, 1.807) is 11.3 Å². The van der Waals surface area contributed by atoms with E-state index in [4.69, 9.17) is 9.47 Å². The summed E-state index contributed by atoms with van der Waals surface area (Å²) in [6.07, 6.45) is 1.84. The Bertz CT molecular complexity index is 1090. The molecule has 1 amide bonds. The van der Waals surface area contributed by atoms with E-state index in [1.165, 1.54) is 0 Å². The zero-order valence-electron chi connectivity index (χ0n) is 17.6. The van der Waals surface area contributed by atoms with E-state index >= 15 is 0 Å². The van der Waals surface area contributed by atoms with Crippen LogP contribution in [-0.2, 0) is 11.3 Å². The summed E-state index contributed by atoms with van der Waals surface area (Å²) in [5.41, 5.74) is 3.27. The first-order chi connectivity index (χ1) is 15.1. The number of benzene rings is 1. The van der Waals surface area contributed by atoms with Crippen molar-refractivity contribution in [3.8, 4) is 16.6 Å². The number of ether oxygens (including phenoxy) is 2. The van der Waals surface area contributed by atoms with Gasteiger partial charge in [-0.3, -0.25) is 9.36 Å². The lowest BCUT2D eigenvalue weighted by Gasteiger charge is -2.31. The van der Waals surface area contributed by atoms with Gasteiger partial charge in [-0.2, -0.15) is 0 Å². The SMILES string of the molecule is Cc1ccc(C)n1-c1nnc(N2CCC[C@H](C(=O)NCc3ccc4c(c3)OCO4)C2)s1. The van der Waals surface area contributed by atoms with E-state index in [2.05, 4.69) is 51.0 Å². The molecule has 0 aliphatic carbocycles. The summed E-state index contributed by atoms with van der Waals surface area (Å²) in [4.78, 5) is 15.0. The van der Waals surface area contributed by atoms with Crippen molar-refractivity contribution in [1.29, 1.82) is 0 Å². The van der Waals surface area contributed by atoms with Crippen LogP contribution in [-0.4, -0.2) is 40.6 Å². The lowest BCUT2D eigenvalue weighted by molar-refractivity contribution is -0.125. The van der Waals surface area contributed by atoms with Gasteiger partial charge in [0.15, 0.2) is 11.5 Å². The highest BCUT2D eigenvalue weighted by Crippen LogP contribution is 2.33. The topological polar surface area (TPSA) is 81.5 Å². The van der Waals surface area contributed by atoms with Crippen LogP contribution in [0.15, 0.2) is 30.3 Å². The minimum absolute atomic E-state index is 0.0647. The Morgan fingerprint density at radius 2 is 1.90 bits per heavy atom. The van der Waals surface area contributed by atoms with Crippen LogP contribution < -0.4 is 19.7 Å². The Balaban J connectivity index is 1.22. The molecule has 1 atom stereocenters. The van der Waals surface area contributed by atoms with Crippen LogP contribution in [0.25, 0.3) is 5.13 Å². The third-order valence-corrected chi connectivity index (χ3v) is 6.80. The van der Waals surface area contributed by atoms with Crippen LogP contribution in [0.5, 0.6) is 11.5 Å². The summed E-state index contributed by atoms with van der Waals surface area (Å²) in [6.45, 7) is 6.40. The number of hydrogen-bond acceptors (Lipinski definition) is 7. The summed E-state index contributed by atoms with van der Waals surface area (Å²) in [5, 5.41) is 13.6. The van der Waals surface area contributed by atoms with Gasteiger partial charge in [0, 0.05) is 31.0 Å². The van der Waals surface area contributed by atoms with Gasteiger partial charge in [-0.05, 0) is 56.5 Å². The third-order valence-electron chi connectivity index (χ3n) is 5.83. The van der Waals surface area contributed by atoms with Crippen LogP contribution in [0.1, 0.15) is 29.8 Å². The maximum Gasteiger partial charge on any atom is 0.231 e. The molecular formula is C22H25N5O3S. The Morgan fingerprint density at radius 1 is 1.13 bits per heavy atom. The molecule has 0 spiro atoms. The van der Waals surface area contributed by atoms with Crippen molar-refractivity contribution in [2.75, 3.05) is 24.8 Å². The summed E-state index contributed by atoms with van der Waals surface area (Å²) in [6, 6.07) is 9.92. The number of aromatic nitrogens is 3. The molecule has 0 saturated carbocycles. The fourth-order valence-corrected chi connectivity index (χ4v) is 5.15. The fourth-order valence-electron chi connectivity index (χ4n) is 4.15. The molecule has 31 heavy (non-hydrogen) atoms. The fraction of sp³-hybridized carbons (Fsp3) is 0.409. The van der Waals surface area contributed by atoms with Gasteiger partial charge >= 0.3 is 0 Å². The van der Waals surface area contributed by atoms with Crippen molar-refractivity contribution in [3.63, 3.8) is 0 Å². The molecule has 1 saturated heterocycles. The van der Waals surface area contributed by atoms with Crippen LogP contribution in [0.3, 0.4) is 0 Å². The summed E-state index contributed by atoms with van der Waals surface area (Å²) in [5.74, 6) is 1.49. The number of nitrogens with one attached hydrogen (secondary N) is 1. The maximum atomic E-state index is 12.8. The van der Waals surface area contributed by atoms with Crippen molar-refractivity contribution >= 4 is 22.4 Å². The van der Waals surface area contributed by atoms with E-state index in [0.29, 0.717) is 13.1 Å². The average molecular weight is 440 g/mol. The molecule has 8 nitrogen and oxygen atoms in total. The third kappa shape index (κ3) is 3.97. The number of rotatable bonds is 5. The van der Waals surface area contributed by atoms with Gasteiger partial charge < -0.3 is 19.7 Å². The molecule has 5 rings (SSSR count). The van der Waals surface area contributed by atoms with Gasteiger partial charge in [0.25, 0.3) is 0 Å². The molecule has 3 aromatic rings. The van der Waals surface area contributed by atoms with E-state index in [-0.39, 0.29) is 18.6 Å². The Hall–Kier alpha value is -3.07. The Morgan fingerprint density at radius 3 is 2.74 bits per heavy atom. The second-order valence-electron chi connectivity index (χ2n) is 8.01. The number of anilines is 1. The molecule has 0 bridgehead atoms. The normalized spacial score (nSPS) is 17.7. The van der Waals surface area contributed by atoms with Crippen molar-refractivity contribution in [3.05, 3.63) is 47.3 Å². The summed E-state index contributed by atoms with van der Waals surface area (Å²) in [7, 11) is 0.